The molecule has 0 aliphatic carbocycles. The van der Waals surface area contributed by atoms with E-state index in [2.05, 4.69) is 10.2 Å². The van der Waals surface area contributed by atoms with Crippen LogP contribution in [0.4, 0.5) is 4.39 Å². The Bertz CT molecular complexity index is 671. The molecule has 0 unspecified atom stereocenters. The molecule has 0 bridgehead atoms. The molecule has 1 aliphatic heterocycles. The maximum Gasteiger partial charge on any atom is 0.129 e. The Morgan fingerprint density at radius 3 is 2.45 bits per heavy atom. The van der Waals surface area contributed by atoms with Gasteiger partial charge >= 0.3 is 0 Å². The third-order valence-electron chi connectivity index (χ3n) is 3.73. The van der Waals surface area contributed by atoms with Crippen LogP contribution in [-0.4, -0.2) is 31.1 Å². The molecule has 0 radical (unpaired) electrons. The number of rotatable bonds is 3. The van der Waals surface area contributed by atoms with Crippen molar-refractivity contribution in [3.63, 3.8) is 0 Å². The van der Waals surface area contributed by atoms with Crippen LogP contribution in [-0.2, 0) is 0 Å². The first-order valence-corrected chi connectivity index (χ1v) is 8.86. The summed E-state index contributed by atoms with van der Waals surface area (Å²) in [5, 5.41) is 3.94. The molecule has 2 nitrogen and oxygen atoms in total. The number of halogens is 4. The van der Waals surface area contributed by atoms with Crippen molar-refractivity contribution in [1.82, 2.24) is 10.2 Å². The lowest BCUT2D eigenvalue weighted by Crippen LogP contribution is -2.45. The van der Waals surface area contributed by atoms with Crippen molar-refractivity contribution in [3.8, 4) is 0 Å². The summed E-state index contributed by atoms with van der Waals surface area (Å²) in [4.78, 5) is 3.18. The van der Waals surface area contributed by atoms with Gasteiger partial charge in [0.25, 0.3) is 0 Å². The van der Waals surface area contributed by atoms with Crippen molar-refractivity contribution in [3.05, 3.63) is 54.9 Å². The topological polar surface area (TPSA) is 15.3 Å². The van der Waals surface area contributed by atoms with E-state index in [1.807, 2.05) is 12.1 Å². The van der Waals surface area contributed by atoms with Gasteiger partial charge in [0, 0.05) is 36.6 Å². The van der Waals surface area contributed by atoms with Crippen LogP contribution >= 0.6 is 46.1 Å². The fraction of sp³-hybridized carbons (Fsp3) is 0.333. The highest BCUT2D eigenvalue weighted by Gasteiger charge is 2.30. The Morgan fingerprint density at radius 2 is 1.82 bits per heavy atom. The molecule has 118 valence electrons. The second-order valence-corrected chi connectivity index (χ2v) is 7.62. The first-order valence-electron chi connectivity index (χ1n) is 6.91. The molecule has 1 atom stereocenters. The van der Waals surface area contributed by atoms with Crippen molar-refractivity contribution in [1.29, 1.82) is 0 Å². The van der Waals surface area contributed by atoms with Gasteiger partial charge in [-0.1, -0.05) is 34.8 Å². The molecule has 0 spiro atoms. The average molecular weight is 380 g/mol. The van der Waals surface area contributed by atoms with Crippen LogP contribution in [0, 0.1) is 5.82 Å². The summed E-state index contributed by atoms with van der Waals surface area (Å²) in [7, 11) is 0. The molecule has 1 fully saturated rings. The molecule has 22 heavy (non-hydrogen) atoms. The summed E-state index contributed by atoms with van der Waals surface area (Å²) in [6.07, 6.45) is 0. The number of piperazine rings is 1. The van der Waals surface area contributed by atoms with E-state index in [0.29, 0.717) is 14.9 Å². The van der Waals surface area contributed by atoms with Crippen molar-refractivity contribution in [2.24, 2.45) is 0 Å². The van der Waals surface area contributed by atoms with E-state index in [4.69, 9.17) is 34.8 Å². The van der Waals surface area contributed by atoms with Crippen LogP contribution in [0.3, 0.4) is 0 Å². The second-order valence-electron chi connectivity index (χ2n) is 5.09. The van der Waals surface area contributed by atoms with E-state index in [9.17, 15) is 4.39 Å². The molecule has 1 aromatic carbocycles. The first kappa shape index (κ1) is 16.5. The van der Waals surface area contributed by atoms with Crippen LogP contribution in [0.15, 0.2) is 24.3 Å². The van der Waals surface area contributed by atoms with Gasteiger partial charge in [-0.05, 0) is 24.3 Å². The number of nitrogens with one attached hydrogen (secondary N) is 1. The lowest BCUT2D eigenvalue weighted by atomic mass is 10.0. The molecule has 1 aliphatic rings. The zero-order valence-corrected chi connectivity index (χ0v) is 14.7. The van der Waals surface area contributed by atoms with Crippen molar-refractivity contribution in [2.75, 3.05) is 26.2 Å². The van der Waals surface area contributed by atoms with Gasteiger partial charge in [0.1, 0.15) is 5.82 Å². The minimum absolute atomic E-state index is 0.272. The SMILES string of the molecule is Fc1ccc(Cl)c(Cl)c1[C@@H](c1ccc(Cl)s1)N1CCNCC1. The number of nitrogens with zero attached hydrogens (tertiary/aromatic N) is 1. The van der Waals surface area contributed by atoms with Crippen LogP contribution in [0.25, 0.3) is 0 Å². The molecule has 1 aromatic heterocycles. The van der Waals surface area contributed by atoms with Gasteiger partial charge in [-0.25, -0.2) is 4.39 Å². The summed E-state index contributed by atoms with van der Waals surface area (Å²) in [5.74, 6) is -0.345. The summed E-state index contributed by atoms with van der Waals surface area (Å²) in [6.45, 7) is 3.33. The molecular weight excluding hydrogens is 366 g/mol. The molecule has 2 aromatic rings. The normalized spacial score (nSPS) is 17.6. The molecule has 1 saturated heterocycles. The summed E-state index contributed by atoms with van der Waals surface area (Å²) in [6, 6.07) is 6.34. The molecule has 7 heteroatoms. The highest BCUT2D eigenvalue weighted by atomic mass is 35.5. The van der Waals surface area contributed by atoms with Gasteiger partial charge in [0.05, 0.1) is 20.4 Å². The maximum atomic E-state index is 14.5. The van der Waals surface area contributed by atoms with Crippen LogP contribution < -0.4 is 5.32 Å². The monoisotopic (exact) mass is 378 g/mol. The van der Waals surface area contributed by atoms with Gasteiger partial charge in [0.2, 0.25) is 0 Å². The smallest absolute Gasteiger partial charge is 0.129 e. The predicted octanol–water partition coefficient (Wildman–Crippen LogP) is 4.84. The Morgan fingerprint density at radius 1 is 1.09 bits per heavy atom. The third-order valence-corrected chi connectivity index (χ3v) is 5.84. The molecule has 0 amide bonds. The summed E-state index contributed by atoms with van der Waals surface area (Å²) >= 11 is 20.0. The third kappa shape index (κ3) is 3.28. The molecule has 3 rings (SSSR count). The fourth-order valence-corrected chi connectivity index (χ4v) is 4.34. The van der Waals surface area contributed by atoms with Crippen LogP contribution in [0.1, 0.15) is 16.5 Å². The predicted molar refractivity (Wildman–Crippen MR) is 92.0 cm³/mol. The van der Waals surface area contributed by atoms with Gasteiger partial charge in [-0.15, -0.1) is 11.3 Å². The van der Waals surface area contributed by atoms with Gasteiger partial charge in [-0.2, -0.15) is 0 Å². The van der Waals surface area contributed by atoms with Crippen molar-refractivity contribution >= 4 is 46.1 Å². The van der Waals surface area contributed by atoms with Gasteiger partial charge in [0.15, 0.2) is 0 Å². The van der Waals surface area contributed by atoms with Gasteiger partial charge < -0.3 is 5.32 Å². The van der Waals surface area contributed by atoms with Gasteiger partial charge in [-0.3, -0.25) is 4.90 Å². The summed E-state index contributed by atoms with van der Waals surface area (Å²) < 4.78 is 15.2. The van der Waals surface area contributed by atoms with E-state index in [-0.39, 0.29) is 16.9 Å². The molecular formula is C15H14Cl3FN2S. The highest BCUT2D eigenvalue weighted by Crippen LogP contribution is 2.41. The fourth-order valence-electron chi connectivity index (χ4n) is 2.71. The minimum atomic E-state index is -0.345. The van der Waals surface area contributed by atoms with Crippen LogP contribution in [0.2, 0.25) is 14.4 Å². The average Bonchev–Trinajstić information content (AvgIpc) is 2.94. The molecule has 1 N–H and O–H groups in total. The second kappa shape index (κ2) is 7.04. The lowest BCUT2D eigenvalue weighted by molar-refractivity contribution is 0.197. The quantitative estimate of drug-likeness (QED) is 0.768. The molecule has 2 heterocycles. The van der Waals surface area contributed by atoms with Crippen molar-refractivity contribution < 1.29 is 4.39 Å². The zero-order chi connectivity index (χ0) is 15.7. The standard InChI is InChI=1S/C15H14Cl3FN2S/c16-9-1-2-10(19)13(14(9)18)15(11-3-4-12(17)22-11)21-7-5-20-6-8-21/h1-4,15,20H,5-8H2/t15-/m1/s1. The van der Waals surface area contributed by atoms with E-state index in [1.165, 1.54) is 23.5 Å². The molecule has 0 saturated carbocycles. The van der Waals surface area contributed by atoms with E-state index in [0.717, 1.165) is 31.1 Å². The largest absolute Gasteiger partial charge is 0.314 e. The highest BCUT2D eigenvalue weighted by molar-refractivity contribution is 7.16. The Labute approximate surface area is 147 Å². The number of thiophene rings is 1. The number of hydrogen-bond acceptors (Lipinski definition) is 3. The minimum Gasteiger partial charge on any atom is -0.314 e. The summed E-state index contributed by atoms with van der Waals surface area (Å²) in [5.41, 5.74) is 0.426. The van der Waals surface area contributed by atoms with E-state index in [1.54, 1.807) is 0 Å². The van der Waals surface area contributed by atoms with Crippen molar-refractivity contribution in [2.45, 2.75) is 6.04 Å². The number of benzene rings is 1. The van der Waals surface area contributed by atoms with Crippen LogP contribution in [0.5, 0.6) is 0 Å². The maximum absolute atomic E-state index is 14.5. The van der Waals surface area contributed by atoms with E-state index >= 15 is 0 Å². The Kier molecular flexibility index (Phi) is 5.28. The Hall–Kier alpha value is -0.360. The zero-order valence-electron chi connectivity index (χ0n) is 11.6. The first-order chi connectivity index (χ1) is 10.6. The van der Waals surface area contributed by atoms with E-state index < -0.39 is 0 Å². The lowest BCUT2D eigenvalue weighted by Gasteiger charge is -2.35. The number of hydrogen-bond donors (Lipinski definition) is 1. The Balaban J connectivity index is 2.11.